The van der Waals surface area contributed by atoms with Crippen molar-refractivity contribution < 1.29 is 29.0 Å². The molecule has 0 bridgehead atoms. The number of hydrogen-bond acceptors (Lipinski definition) is 5. The minimum atomic E-state index is -0.933. The largest absolute Gasteiger partial charge is 0.481 e. The molecule has 236 valence electrons. The van der Waals surface area contributed by atoms with Crippen molar-refractivity contribution in [1.29, 1.82) is 0 Å². The molecule has 4 unspecified atom stereocenters. The summed E-state index contributed by atoms with van der Waals surface area (Å²) in [5.41, 5.74) is -0.812. The van der Waals surface area contributed by atoms with Crippen LogP contribution in [-0.4, -0.2) is 54.0 Å². The lowest BCUT2D eigenvalue weighted by Gasteiger charge is -2.45. The lowest BCUT2D eigenvalue weighted by Crippen LogP contribution is -2.57. The van der Waals surface area contributed by atoms with E-state index in [0.29, 0.717) is 6.61 Å². The van der Waals surface area contributed by atoms with E-state index in [2.05, 4.69) is 17.6 Å². The summed E-state index contributed by atoms with van der Waals surface area (Å²) in [6.45, 7) is 10.0. The number of carbonyl (C=O) groups excluding carboxylic acids is 2. The molecule has 2 amide bonds. The van der Waals surface area contributed by atoms with Crippen molar-refractivity contribution in [2.75, 3.05) is 13.2 Å². The van der Waals surface area contributed by atoms with Gasteiger partial charge in [-0.25, -0.2) is 0 Å². The number of carboxylic acid groups (broad SMARTS) is 1. The number of ether oxygens (including phenoxy) is 2. The topological polar surface area (TPSA) is 114 Å². The Morgan fingerprint density at radius 3 is 2.12 bits per heavy atom. The zero-order chi connectivity index (χ0) is 30.1. The van der Waals surface area contributed by atoms with Crippen LogP contribution in [0.2, 0.25) is 0 Å². The Kier molecular flexibility index (Phi) is 12.5. The second kappa shape index (κ2) is 15.2. The number of aliphatic carboxylic acids is 1. The van der Waals surface area contributed by atoms with Crippen molar-refractivity contribution in [3.63, 3.8) is 0 Å². The van der Waals surface area contributed by atoms with Crippen molar-refractivity contribution in [3.8, 4) is 0 Å². The number of amides is 2. The van der Waals surface area contributed by atoms with Crippen molar-refractivity contribution >= 4 is 17.8 Å². The van der Waals surface area contributed by atoms with E-state index in [0.717, 1.165) is 51.4 Å². The third-order valence-corrected chi connectivity index (χ3v) is 9.91. The first-order chi connectivity index (χ1) is 19.4. The number of unbranched alkanes of at least 4 members (excludes halogenated alkanes) is 8. The molecule has 8 nitrogen and oxygen atoms in total. The standard InChI is InChI=1S/C33H58N2O6/c1-6-7-8-9-10-11-12-13-14-19-33(20-16-21-33)30(39)35-26-18-15-17-24(26)25(29(37)38)22-34-28(36)27-31(2,3)23-40-32(4,5)41-27/h24-27H,6-23H2,1-5H3,(H,34,36)(H,35,39)(H,37,38). The highest BCUT2D eigenvalue weighted by molar-refractivity contribution is 5.84. The third kappa shape index (κ3) is 9.41. The van der Waals surface area contributed by atoms with Gasteiger partial charge in [-0.1, -0.05) is 91.4 Å². The molecule has 0 spiro atoms. The molecule has 1 aliphatic heterocycles. The van der Waals surface area contributed by atoms with E-state index in [1.165, 1.54) is 51.4 Å². The molecule has 0 radical (unpaired) electrons. The lowest BCUT2D eigenvalue weighted by molar-refractivity contribution is -0.304. The maximum atomic E-state index is 13.6. The minimum Gasteiger partial charge on any atom is -0.481 e. The predicted molar refractivity (Wildman–Crippen MR) is 160 cm³/mol. The van der Waals surface area contributed by atoms with Gasteiger partial charge in [-0.15, -0.1) is 0 Å². The second-order valence-corrected chi connectivity index (χ2v) is 14.3. The van der Waals surface area contributed by atoms with Gasteiger partial charge >= 0.3 is 5.97 Å². The van der Waals surface area contributed by atoms with Crippen LogP contribution in [0.25, 0.3) is 0 Å². The summed E-state index contributed by atoms with van der Waals surface area (Å²) in [6, 6.07) is -0.171. The van der Waals surface area contributed by atoms with Gasteiger partial charge in [0.25, 0.3) is 0 Å². The minimum absolute atomic E-state index is 0.0199. The lowest BCUT2D eigenvalue weighted by atomic mass is 9.65. The highest BCUT2D eigenvalue weighted by Crippen LogP contribution is 2.46. The number of carboxylic acids is 1. The van der Waals surface area contributed by atoms with Gasteiger partial charge in [-0.3, -0.25) is 14.4 Å². The zero-order valence-corrected chi connectivity index (χ0v) is 26.5. The Hall–Kier alpha value is -1.67. The van der Waals surface area contributed by atoms with Gasteiger partial charge in [-0.05, 0) is 51.9 Å². The van der Waals surface area contributed by atoms with Crippen molar-refractivity contribution in [2.45, 2.75) is 155 Å². The van der Waals surface area contributed by atoms with E-state index in [-0.39, 0.29) is 35.7 Å². The molecule has 0 aromatic heterocycles. The fourth-order valence-corrected chi connectivity index (χ4v) is 6.99. The Balaban J connectivity index is 1.50. The van der Waals surface area contributed by atoms with Gasteiger partial charge in [0.1, 0.15) is 6.10 Å². The number of rotatable bonds is 17. The predicted octanol–water partition coefficient (Wildman–Crippen LogP) is 6.36. The molecule has 2 saturated carbocycles. The monoisotopic (exact) mass is 578 g/mol. The smallest absolute Gasteiger partial charge is 0.308 e. The number of nitrogens with one attached hydrogen (secondary N) is 2. The molecule has 0 aromatic carbocycles. The average Bonchev–Trinajstić information content (AvgIpc) is 3.33. The van der Waals surface area contributed by atoms with E-state index in [4.69, 9.17) is 9.47 Å². The first kappa shape index (κ1) is 33.8. The molecule has 3 aliphatic rings. The first-order valence-corrected chi connectivity index (χ1v) is 16.5. The molecule has 1 saturated heterocycles. The van der Waals surface area contributed by atoms with Crippen LogP contribution in [-0.2, 0) is 23.9 Å². The van der Waals surface area contributed by atoms with E-state index >= 15 is 0 Å². The summed E-state index contributed by atoms with van der Waals surface area (Å²) < 4.78 is 11.7. The highest BCUT2D eigenvalue weighted by Gasteiger charge is 2.48. The van der Waals surface area contributed by atoms with Crippen LogP contribution in [0, 0.1) is 22.7 Å². The molecule has 41 heavy (non-hydrogen) atoms. The Labute approximate surface area is 248 Å². The summed E-state index contributed by atoms with van der Waals surface area (Å²) in [7, 11) is 0. The Bertz CT molecular complexity index is 868. The fraction of sp³-hybridized carbons (Fsp3) is 0.909. The highest BCUT2D eigenvalue weighted by atomic mass is 16.7. The normalized spacial score (nSPS) is 27.0. The van der Waals surface area contributed by atoms with Crippen LogP contribution < -0.4 is 10.6 Å². The second-order valence-electron chi connectivity index (χ2n) is 14.3. The summed E-state index contributed by atoms with van der Waals surface area (Å²) in [5.74, 6) is -2.98. The number of carbonyl (C=O) groups is 3. The van der Waals surface area contributed by atoms with Crippen LogP contribution in [0.4, 0.5) is 0 Å². The summed E-state index contributed by atoms with van der Waals surface area (Å²) in [5, 5.41) is 16.3. The van der Waals surface area contributed by atoms with E-state index in [9.17, 15) is 19.5 Å². The van der Waals surface area contributed by atoms with Crippen LogP contribution in [0.3, 0.4) is 0 Å². The molecule has 8 heteroatoms. The molecular formula is C33H58N2O6. The van der Waals surface area contributed by atoms with Gasteiger partial charge in [0, 0.05) is 23.4 Å². The molecule has 4 atom stereocenters. The van der Waals surface area contributed by atoms with E-state index < -0.39 is 29.2 Å². The number of hydrogen-bond donors (Lipinski definition) is 3. The third-order valence-electron chi connectivity index (χ3n) is 9.91. The molecule has 3 rings (SSSR count). The molecule has 2 aliphatic carbocycles. The van der Waals surface area contributed by atoms with Crippen LogP contribution >= 0.6 is 0 Å². The summed E-state index contributed by atoms with van der Waals surface area (Å²) in [4.78, 5) is 39.1. The fourth-order valence-electron chi connectivity index (χ4n) is 6.99. The van der Waals surface area contributed by atoms with Gasteiger partial charge < -0.3 is 25.2 Å². The van der Waals surface area contributed by atoms with Crippen LogP contribution in [0.5, 0.6) is 0 Å². The maximum absolute atomic E-state index is 13.6. The van der Waals surface area contributed by atoms with Crippen molar-refractivity contribution in [3.05, 3.63) is 0 Å². The summed E-state index contributed by atoms with van der Waals surface area (Å²) >= 11 is 0. The Morgan fingerprint density at radius 1 is 0.902 bits per heavy atom. The molecule has 3 N–H and O–H groups in total. The molecule has 1 heterocycles. The first-order valence-electron chi connectivity index (χ1n) is 16.5. The van der Waals surface area contributed by atoms with Gasteiger partial charge in [0.2, 0.25) is 11.8 Å². The van der Waals surface area contributed by atoms with Crippen molar-refractivity contribution in [1.82, 2.24) is 10.6 Å². The molecular weight excluding hydrogens is 520 g/mol. The zero-order valence-electron chi connectivity index (χ0n) is 26.5. The maximum Gasteiger partial charge on any atom is 0.308 e. The van der Waals surface area contributed by atoms with E-state index in [1.54, 1.807) is 13.8 Å². The van der Waals surface area contributed by atoms with E-state index in [1.807, 2.05) is 13.8 Å². The quantitative estimate of drug-likeness (QED) is 0.173. The molecule has 0 aromatic rings. The molecule has 3 fully saturated rings. The van der Waals surface area contributed by atoms with Gasteiger partial charge in [0.15, 0.2) is 5.79 Å². The van der Waals surface area contributed by atoms with Crippen LogP contribution in [0.15, 0.2) is 0 Å². The van der Waals surface area contributed by atoms with Crippen LogP contribution in [0.1, 0.15) is 137 Å². The van der Waals surface area contributed by atoms with Gasteiger partial charge in [-0.2, -0.15) is 0 Å². The van der Waals surface area contributed by atoms with Gasteiger partial charge in [0.05, 0.1) is 12.5 Å². The van der Waals surface area contributed by atoms with Crippen molar-refractivity contribution in [2.24, 2.45) is 22.7 Å². The summed E-state index contributed by atoms with van der Waals surface area (Å²) in [6.07, 6.45) is 17.0. The average molecular weight is 579 g/mol. The Morgan fingerprint density at radius 2 is 1.54 bits per heavy atom. The SMILES string of the molecule is CCCCCCCCCCCC1(C(=O)NC2CCCC2C(CNC(=O)C2OC(C)(C)OCC2(C)C)C(=O)O)CCC1.